The molecule has 0 amide bonds. The second-order valence-electron chi connectivity index (χ2n) is 4.45. The van der Waals surface area contributed by atoms with Crippen LogP contribution in [0, 0.1) is 0 Å². The molecule has 0 aromatic heterocycles. The van der Waals surface area contributed by atoms with Crippen LogP contribution in [0.2, 0.25) is 0 Å². The molecule has 4 heteroatoms. The Morgan fingerprint density at radius 1 is 1.32 bits per heavy atom. The van der Waals surface area contributed by atoms with E-state index in [1.165, 1.54) is 0 Å². The fraction of sp³-hybridized carbons (Fsp3) is 0.600. The molecule has 0 aliphatic heterocycles. The maximum absolute atomic E-state index is 9.67. The average Bonchev–Trinajstić information content (AvgIpc) is 2.40. The third-order valence-electron chi connectivity index (χ3n) is 2.88. The number of para-hydroxylation sites is 1. The van der Waals surface area contributed by atoms with Crippen molar-refractivity contribution in [3.8, 4) is 11.5 Å². The van der Waals surface area contributed by atoms with Gasteiger partial charge in [0.05, 0.1) is 19.8 Å². The molecule has 0 saturated heterocycles. The summed E-state index contributed by atoms with van der Waals surface area (Å²) in [5.74, 6) is 1.53. The number of aliphatic hydroxyl groups excluding tert-OH is 1. The van der Waals surface area contributed by atoms with Crippen LogP contribution in [-0.2, 0) is 6.54 Å². The van der Waals surface area contributed by atoms with E-state index in [2.05, 4.69) is 12.2 Å². The molecule has 19 heavy (non-hydrogen) atoms. The van der Waals surface area contributed by atoms with E-state index in [9.17, 15) is 5.11 Å². The minimum Gasteiger partial charge on any atom is -0.493 e. The number of ether oxygens (including phenoxy) is 2. The van der Waals surface area contributed by atoms with Crippen LogP contribution >= 0.6 is 0 Å². The van der Waals surface area contributed by atoms with Crippen molar-refractivity contribution in [2.75, 3.05) is 20.3 Å². The van der Waals surface area contributed by atoms with Crippen molar-refractivity contribution in [2.24, 2.45) is 0 Å². The summed E-state index contributed by atoms with van der Waals surface area (Å²) in [6.45, 7) is 5.88. The van der Waals surface area contributed by atoms with Crippen molar-refractivity contribution in [3.63, 3.8) is 0 Å². The normalized spacial score (nSPS) is 12.2. The molecule has 1 unspecified atom stereocenters. The summed E-state index contributed by atoms with van der Waals surface area (Å²) >= 11 is 0. The van der Waals surface area contributed by atoms with E-state index in [1.54, 1.807) is 7.11 Å². The van der Waals surface area contributed by atoms with Crippen LogP contribution in [0.4, 0.5) is 0 Å². The molecule has 0 aliphatic carbocycles. The Morgan fingerprint density at radius 2 is 2.11 bits per heavy atom. The zero-order chi connectivity index (χ0) is 14.1. The second-order valence-corrected chi connectivity index (χ2v) is 4.45. The zero-order valence-corrected chi connectivity index (χ0v) is 12.1. The summed E-state index contributed by atoms with van der Waals surface area (Å²) in [6.07, 6.45) is 1.53. The summed E-state index contributed by atoms with van der Waals surface area (Å²) in [6, 6.07) is 5.85. The van der Waals surface area contributed by atoms with Gasteiger partial charge in [-0.1, -0.05) is 25.5 Å². The third kappa shape index (κ3) is 5.09. The lowest BCUT2D eigenvalue weighted by molar-refractivity contribution is 0.160. The highest BCUT2D eigenvalue weighted by Crippen LogP contribution is 2.30. The van der Waals surface area contributed by atoms with Gasteiger partial charge < -0.3 is 19.9 Å². The van der Waals surface area contributed by atoms with Gasteiger partial charge in [-0.2, -0.15) is 0 Å². The predicted octanol–water partition coefficient (Wildman–Crippen LogP) is 2.34. The van der Waals surface area contributed by atoms with E-state index in [0.717, 1.165) is 29.9 Å². The summed E-state index contributed by atoms with van der Waals surface area (Å²) in [5.41, 5.74) is 1.04. The first-order chi connectivity index (χ1) is 9.22. The number of methoxy groups -OCH3 is 1. The van der Waals surface area contributed by atoms with Crippen molar-refractivity contribution in [1.82, 2.24) is 5.32 Å². The molecule has 0 aliphatic rings. The predicted molar refractivity (Wildman–Crippen MR) is 76.8 cm³/mol. The number of nitrogens with one attached hydrogen (secondary N) is 1. The van der Waals surface area contributed by atoms with E-state index in [0.29, 0.717) is 19.7 Å². The molecule has 0 radical (unpaired) electrons. The Balaban J connectivity index is 2.59. The minimum atomic E-state index is -0.286. The summed E-state index contributed by atoms with van der Waals surface area (Å²) in [4.78, 5) is 0. The molecule has 1 aromatic rings. The second kappa shape index (κ2) is 8.77. The fourth-order valence-electron chi connectivity index (χ4n) is 2.01. The highest BCUT2D eigenvalue weighted by atomic mass is 16.5. The van der Waals surface area contributed by atoms with Crippen molar-refractivity contribution in [1.29, 1.82) is 0 Å². The SMILES string of the molecule is CCCC(O)CNCc1cccc(OCC)c1OC. The molecule has 0 fully saturated rings. The van der Waals surface area contributed by atoms with Gasteiger partial charge in [0.15, 0.2) is 11.5 Å². The smallest absolute Gasteiger partial charge is 0.165 e. The van der Waals surface area contributed by atoms with Crippen LogP contribution in [0.5, 0.6) is 11.5 Å². The van der Waals surface area contributed by atoms with Crippen LogP contribution in [0.15, 0.2) is 18.2 Å². The van der Waals surface area contributed by atoms with Crippen molar-refractivity contribution in [3.05, 3.63) is 23.8 Å². The third-order valence-corrected chi connectivity index (χ3v) is 2.88. The molecule has 108 valence electrons. The molecule has 2 N–H and O–H groups in total. The first-order valence-electron chi connectivity index (χ1n) is 6.90. The Kier molecular flexibility index (Phi) is 7.30. The Labute approximate surface area is 115 Å². The monoisotopic (exact) mass is 267 g/mol. The number of aliphatic hydroxyl groups is 1. The lowest BCUT2D eigenvalue weighted by Crippen LogP contribution is -2.26. The molecule has 0 bridgehead atoms. The van der Waals surface area contributed by atoms with Gasteiger partial charge >= 0.3 is 0 Å². The Morgan fingerprint density at radius 3 is 2.74 bits per heavy atom. The molecule has 4 nitrogen and oxygen atoms in total. The van der Waals surface area contributed by atoms with Crippen molar-refractivity contribution >= 4 is 0 Å². The molecular formula is C15H25NO3. The topological polar surface area (TPSA) is 50.7 Å². The Hall–Kier alpha value is -1.26. The molecule has 1 aromatic carbocycles. The van der Waals surface area contributed by atoms with E-state index in [4.69, 9.17) is 9.47 Å². The maximum atomic E-state index is 9.67. The summed E-state index contributed by atoms with van der Waals surface area (Å²) < 4.78 is 10.9. The fourth-order valence-corrected chi connectivity index (χ4v) is 2.01. The van der Waals surface area contributed by atoms with Crippen LogP contribution in [0.3, 0.4) is 0 Å². The Bertz CT molecular complexity index is 368. The van der Waals surface area contributed by atoms with E-state index >= 15 is 0 Å². The van der Waals surface area contributed by atoms with Crippen molar-refractivity contribution < 1.29 is 14.6 Å². The lowest BCUT2D eigenvalue weighted by Gasteiger charge is -2.15. The maximum Gasteiger partial charge on any atom is 0.165 e. The number of benzene rings is 1. The minimum absolute atomic E-state index is 0.286. The molecule has 0 heterocycles. The van der Waals surface area contributed by atoms with Crippen LogP contribution in [0.25, 0.3) is 0 Å². The molecule has 0 saturated carbocycles. The van der Waals surface area contributed by atoms with Gasteiger partial charge in [0.25, 0.3) is 0 Å². The highest BCUT2D eigenvalue weighted by molar-refractivity contribution is 5.46. The molecule has 1 atom stereocenters. The first kappa shape index (κ1) is 15.8. The van der Waals surface area contributed by atoms with Gasteiger partial charge in [0.2, 0.25) is 0 Å². The summed E-state index contributed by atoms with van der Waals surface area (Å²) in [7, 11) is 1.65. The number of hydrogen-bond acceptors (Lipinski definition) is 4. The van der Waals surface area contributed by atoms with Gasteiger partial charge in [-0.15, -0.1) is 0 Å². The standard InChI is InChI=1S/C15H25NO3/c1-4-7-13(17)11-16-10-12-8-6-9-14(19-5-2)15(12)18-3/h6,8-9,13,16-17H,4-5,7,10-11H2,1-3H3. The average molecular weight is 267 g/mol. The van der Waals surface area contributed by atoms with Crippen molar-refractivity contribution in [2.45, 2.75) is 39.3 Å². The molecule has 0 spiro atoms. The van der Waals surface area contributed by atoms with E-state index in [1.807, 2.05) is 25.1 Å². The highest BCUT2D eigenvalue weighted by Gasteiger charge is 2.10. The number of rotatable bonds is 9. The van der Waals surface area contributed by atoms with Gasteiger partial charge in [-0.05, 0) is 19.4 Å². The van der Waals surface area contributed by atoms with Crippen LogP contribution in [0.1, 0.15) is 32.3 Å². The van der Waals surface area contributed by atoms with Gasteiger partial charge in [0, 0.05) is 18.7 Å². The molecule has 1 rings (SSSR count). The molecular weight excluding hydrogens is 242 g/mol. The van der Waals surface area contributed by atoms with Gasteiger partial charge in [-0.25, -0.2) is 0 Å². The van der Waals surface area contributed by atoms with Gasteiger partial charge in [0.1, 0.15) is 0 Å². The quantitative estimate of drug-likeness (QED) is 0.721. The van der Waals surface area contributed by atoms with E-state index in [-0.39, 0.29) is 6.10 Å². The summed E-state index contributed by atoms with van der Waals surface area (Å²) in [5, 5.41) is 12.9. The van der Waals surface area contributed by atoms with Crippen LogP contribution < -0.4 is 14.8 Å². The van der Waals surface area contributed by atoms with E-state index < -0.39 is 0 Å². The first-order valence-corrected chi connectivity index (χ1v) is 6.90. The lowest BCUT2D eigenvalue weighted by atomic mass is 10.1. The van der Waals surface area contributed by atoms with Crippen LogP contribution in [-0.4, -0.2) is 31.5 Å². The zero-order valence-electron chi connectivity index (χ0n) is 12.1. The van der Waals surface area contributed by atoms with Gasteiger partial charge in [-0.3, -0.25) is 0 Å². The number of hydrogen-bond donors (Lipinski definition) is 2. The largest absolute Gasteiger partial charge is 0.493 e.